The Balaban J connectivity index is 1.81. The highest BCUT2D eigenvalue weighted by molar-refractivity contribution is 5.91. The molecule has 1 saturated heterocycles. The van der Waals surface area contributed by atoms with Crippen LogP contribution in [0.15, 0.2) is 35.3 Å². The molecule has 1 fully saturated rings. The first-order valence-electron chi connectivity index (χ1n) is 8.80. The number of anilines is 2. The average Bonchev–Trinajstić information content (AvgIpc) is 3.08. The third-order valence-electron chi connectivity index (χ3n) is 4.85. The van der Waals surface area contributed by atoms with Gasteiger partial charge in [0.2, 0.25) is 0 Å². The molecule has 2 atom stereocenters. The van der Waals surface area contributed by atoms with E-state index >= 15 is 0 Å². The molecule has 0 aliphatic carbocycles. The molecule has 0 amide bonds. The number of aromatic nitrogens is 3. The SMILES string of the molecule is COc1cc(Nc2nn([C@H]3COCC[C@@H]3C#N)c3cc[nH]c(=O)c23)ccc1F. The van der Waals surface area contributed by atoms with E-state index in [0.717, 1.165) is 0 Å². The lowest BCUT2D eigenvalue weighted by Gasteiger charge is -2.27. The van der Waals surface area contributed by atoms with Crippen LogP contribution in [0, 0.1) is 23.1 Å². The number of hydrogen-bond acceptors (Lipinski definition) is 6. The van der Waals surface area contributed by atoms with E-state index in [-0.39, 0.29) is 23.3 Å². The zero-order valence-electron chi connectivity index (χ0n) is 15.1. The van der Waals surface area contributed by atoms with Crippen molar-refractivity contribution >= 4 is 22.4 Å². The van der Waals surface area contributed by atoms with Gasteiger partial charge in [-0.15, -0.1) is 0 Å². The predicted molar refractivity (Wildman–Crippen MR) is 100 cm³/mol. The minimum absolute atomic E-state index is 0.0767. The average molecular weight is 383 g/mol. The Morgan fingerprint density at radius 3 is 3.11 bits per heavy atom. The van der Waals surface area contributed by atoms with Crippen molar-refractivity contribution in [1.29, 1.82) is 5.26 Å². The number of fused-ring (bicyclic) bond motifs is 1. The Labute approximate surface area is 159 Å². The maximum atomic E-state index is 13.7. The van der Waals surface area contributed by atoms with Crippen LogP contribution < -0.4 is 15.6 Å². The number of ether oxygens (including phenoxy) is 2. The van der Waals surface area contributed by atoms with Gasteiger partial charge >= 0.3 is 0 Å². The van der Waals surface area contributed by atoms with Crippen molar-refractivity contribution in [2.24, 2.45) is 5.92 Å². The monoisotopic (exact) mass is 383 g/mol. The third-order valence-corrected chi connectivity index (χ3v) is 4.85. The summed E-state index contributed by atoms with van der Waals surface area (Å²) in [4.78, 5) is 15.1. The Morgan fingerprint density at radius 2 is 2.32 bits per heavy atom. The molecule has 0 spiro atoms. The molecule has 144 valence electrons. The molecule has 9 heteroatoms. The Hall–Kier alpha value is -3.38. The van der Waals surface area contributed by atoms with Crippen molar-refractivity contribution in [2.45, 2.75) is 12.5 Å². The first kappa shape index (κ1) is 18.0. The van der Waals surface area contributed by atoms with E-state index in [1.54, 1.807) is 16.9 Å². The number of hydrogen-bond donors (Lipinski definition) is 2. The normalized spacial score (nSPS) is 19.3. The van der Waals surface area contributed by atoms with Gasteiger partial charge in [-0.05, 0) is 24.6 Å². The molecule has 1 aromatic carbocycles. The van der Waals surface area contributed by atoms with E-state index in [9.17, 15) is 14.4 Å². The highest BCUT2D eigenvalue weighted by atomic mass is 19.1. The van der Waals surface area contributed by atoms with Crippen LogP contribution >= 0.6 is 0 Å². The van der Waals surface area contributed by atoms with Crippen molar-refractivity contribution < 1.29 is 13.9 Å². The lowest BCUT2D eigenvalue weighted by atomic mass is 9.96. The second-order valence-electron chi connectivity index (χ2n) is 6.50. The molecule has 28 heavy (non-hydrogen) atoms. The van der Waals surface area contributed by atoms with Crippen LogP contribution in [0.4, 0.5) is 15.9 Å². The number of H-pyrrole nitrogens is 1. The number of pyridine rings is 1. The fourth-order valence-corrected chi connectivity index (χ4v) is 3.43. The van der Waals surface area contributed by atoms with Gasteiger partial charge in [-0.25, -0.2) is 4.39 Å². The molecule has 3 heterocycles. The Bertz CT molecular complexity index is 1120. The summed E-state index contributed by atoms with van der Waals surface area (Å²) in [6, 6.07) is 8.03. The van der Waals surface area contributed by atoms with Gasteiger partial charge in [0.15, 0.2) is 17.4 Å². The maximum absolute atomic E-state index is 13.7. The molecule has 0 saturated carbocycles. The summed E-state index contributed by atoms with van der Waals surface area (Å²) >= 11 is 0. The number of nitriles is 1. The van der Waals surface area contributed by atoms with Gasteiger partial charge in [0.25, 0.3) is 5.56 Å². The summed E-state index contributed by atoms with van der Waals surface area (Å²) in [5.74, 6) is -0.368. The van der Waals surface area contributed by atoms with E-state index in [1.165, 1.54) is 25.3 Å². The first-order chi connectivity index (χ1) is 13.6. The lowest BCUT2D eigenvalue weighted by Crippen LogP contribution is -2.30. The van der Waals surface area contributed by atoms with Crippen LogP contribution in [0.3, 0.4) is 0 Å². The van der Waals surface area contributed by atoms with E-state index in [0.29, 0.717) is 42.0 Å². The van der Waals surface area contributed by atoms with Crippen LogP contribution in [-0.2, 0) is 4.74 Å². The molecule has 0 bridgehead atoms. The summed E-state index contributed by atoms with van der Waals surface area (Å²) in [7, 11) is 1.38. The molecule has 1 aliphatic rings. The molecule has 2 N–H and O–H groups in total. The smallest absolute Gasteiger partial charge is 0.261 e. The van der Waals surface area contributed by atoms with E-state index in [4.69, 9.17) is 9.47 Å². The third kappa shape index (κ3) is 3.08. The van der Waals surface area contributed by atoms with Crippen molar-refractivity contribution in [3.05, 3.63) is 46.6 Å². The van der Waals surface area contributed by atoms with Crippen LogP contribution in [-0.4, -0.2) is 35.1 Å². The molecule has 0 radical (unpaired) electrons. The molecular formula is C19H18FN5O3. The number of nitrogens with zero attached hydrogens (tertiary/aromatic N) is 3. The summed E-state index contributed by atoms with van der Waals surface area (Å²) in [6.07, 6.45) is 2.14. The lowest BCUT2D eigenvalue weighted by molar-refractivity contribution is 0.0359. The van der Waals surface area contributed by atoms with Gasteiger partial charge in [0, 0.05) is 24.6 Å². The quantitative estimate of drug-likeness (QED) is 0.718. The molecule has 3 aromatic rings. The molecular weight excluding hydrogens is 365 g/mol. The number of aromatic amines is 1. The van der Waals surface area contributed by atoms with E-state index in [1.807, 2.05) is 0 Å². The van der Waals surface area contributed by atoms with E-state index < -0.39 is 5.82 Å². The van der Waals surface area contributed by atoms with Crippen LogP contribution in [0.25, 0.3) is 10.9 Å². The number of rotatable bonds is 4. The Morgan fingerprint density at radius 1 is 1.46 bits per heavy atom. The van der Waals surface area contributed by atoms with Crippen LogP contribution in [0.1, 0.15) is 12.5 Å². The van der Waals surface area contributed by atoms with Crippen molar-refractivity contribution in [2.75, 3.05) is 25.6 Å². The summed E-state index contributed by atoms with van der Waals surface area (Å²) in [5, 5.41) is 17.5. The van der Waals surface area contributed by atoms with Gasteiger partial charge < -0.3 is 19.8 Å². The minimum Gasteiger partial charge on any atom is -0.494 e. The first-order valence-corrected chi connectivity index (χ1v) is 8.80. The van der Waals surface area contributed by atoms with Gasteiger partial charge in [-0.1, -0.05) is 0 Å². The fourth-order valence-electron chi connectivity index (χ4n) is 3.43. The second-order valence-corrected chi connectivity index (χ2v) is 6.50. The van der Waals surface area contributed by atoms with Gasteiger partial charge in [0.1, 0.15) is 5.39 Å². The van der Waals surface area contributed by atoms with Crippen molar-refractivity contribution in [3.63, 3.8) is 0 Å². The zero-order chi connectivity index (χ0) is 19.7. The second kappa shape index (κ2) is 7.32. The Kier molecular flexibility index (Phi) is 4.71. The number of nitrogens with one attached hydrogen (secondary N) is 2. The minimum atomic E-state index is -0.488. The van der Waals surface area contributed by atoms with Crippen LogP contribution in [0.5, 0.6) is 5.75 Å². The fraction of sp³-hybridized carbons (Fsp3) is 0.316. The van der Waals surface area contributed by atoms with Crippen molar-refractivity contribution in [3.8, 4) is 11.8 Å². The number of benzene rings is 1. The molecule has 2 aromatic heterocycles. The maximum Gasteiger partial charge on any atom is 0.261 e. The highest BCUT2D eigenvalue weighted by Crippen LogP contribution is 2.32. The largest absolute Gasteiger partial charge is 0.494 e. The van der Waals surface area contributed by atoms with Gasteiger partial charge in [-0.3, -0.25) is 9.48 Å². The predicted octanol–water partition coefficient (Wildman–Crippen LogP) is 2.72. The zero-order valence-corrected chi connectivity index (χ0v) is 15.1. The van der Waals surface area contributed by atoms with Gasteiger partial charge in [-0.2, -0.15) is 10.4 Å². The van der Waals surface area contributed by atoms with Crippen molar-refractivity contribution in [1.82, 2.24) is 14.8 Å². The topological polar surface area (TPSA) is 105 Å². The summed E-state index contributed by atoms with van der Waals surface area (Å²) < 4.78 is 25.9. The molecule has 0 unspecified atom stereocenters. The molecule has 1 aliphatic heterocycles. The summed E-state index contributed by atoms with van der Waals surface area (Å²) in [6.45, 7) is 0.862. The molecule has 8 nitrogen and oxygen atoms in total. The van der Waals surface area contributed by atoms with Crippen LogP contribution in [0.2, 0.25) is 0 Å². The standard InChI is InChI=1S/C19H18FN5O3/c1-27-16-8-12(2-3-13(16)20)23-18-17-14(4-6-22-19(17)26)25(24-18)15-10-28-7-5-11(15)9-21/h2-4,6,8,11,15H,5,7,10H2,1H3,(H,22,26)(H,23,24)/t11-,15+/m1/s1. The summed E-state index contributed by atoms with van der Waals surface area (Å²) in [5.41, 5.74) is 0.798. The highest BCUT2D eigenvalue weighted by Gasteiger charge is 2.30. The van der Waals surface area contributed by atoms with E-state index in [2.05, 4.69) is 21.5 Å². The number of halogens is 1. The molecule has 4 rings (SSSR count). The van der Waals surface area contributed by atoms with Gasteiger partial charge in [0.05, 0.1) is 37.3 Å². The number of methoxy groups -OCH3 is 1.